The van der Waals surface area contributed by atoms with Crippen molar-refractivity contribution in [2.24, 2.45) is 0 Å². The third-order valence-corrected chi connectivity index (χ3v) is 5.89. The zero-order chi connectivity index (χ0) is 25.2. The van der Waals surface area contributed by atoms with Crippen molar-refractivity contribution in [2.75, 3.05) is 26.1 Å². The Hall–Kier alpha value is -4.11. The summed E-state index contributed by atoms with van der Waals surface area (Å²) < 4.78 is 24.5. The molecule has 35 heavy (non-hydrogen) atoms. The van der Waals surface area contributed by atoms with Crippen LogP contribution in [-0.4, -0.2) is 43.5 Å². The molecule has 0 unspecified atom stereocenters. The summed E-state index contributed by atoms with van der Waals surface area (Å²) in [4.78, 5) is 40.1. The Morgan fingerprint density at radius 2 is 1.51 bits per heavy atom. The minimum atomic E-state index is -1.60. The quantitative estimate of drug-likeness (QED) is 0.482. The van der Waals surface area contributed by atoms with Gasteiger partial charge < -0.3 is 20.1 Å². The van der Waals surface area contributed by atoms with E-state index >= 15 is 0 Å². The van der Waals surface area contributed by atoms with Gasteiger partial charge in [-0.15, -0.1) is 0 Å². The van der Waals surface area contributed by atoms with Gasteiger partial charge in [0.15, 0.2) is 5.54 Å². The zero-order valence-electron chi connectivity index (χ0n) is 18.8. The molecule has 3 aromatic rings. The summed E-state index contributed by atoms with van der Waals surface area (Å²) in [7, 11) is 3.03. The summed E-state index contributed by atoms with van der Waals surface area (Å²) >= 11 is 5.74. The van der Waals surface area contributed by atoms with E-state index in [1.165, 1.54) is 26.4 Å². The number of methoxy groups -OCH3 is 2. The molecule has 1 fully saturated rings. The van der Waals surface area contributed by atoms with Gasteiger partial charge in [-0.2, -0.15) is 0 Å². The molecule has 0 bridgehead atoms. The number of rotatable bonds is 7. The standard InChI is InChI=1S/C25H21ClFN3O5/c1-34-18-8-3-15(4-9-18)25(16-5-10-19(35-2)11-6-16)23(32)30(24(33)29-25)14-22(31)28-21-12-7-17(26)13-20(21)27/h3-13H,14H2,1-2H3,(H,28,31)(H,29,33). The second-order valence-electron chi connectivity index (χ2n) is 7.70. The first kappa shape index (κ1) is 24.0. The van der Waals surface area contributed by atoms with E-state index in [2.05, 4.69) is 10.6 Å². The lowest BCUT2D eigenvalue weighted by molar-refractivity contribution is -0.133. The number of amides is 4. The van der Waals surface area contributed by atoms with Gasteiger partial charge in [0, 0.05) is 5.02 Å². The monoisotopic (exact) mass is 497 g/mol. The minimum absolute atomic E-state index is 0.122. The highest BCUT2D eigenvalue weighted by Crippen LogP contribution is 2.37. The van der Waals surface area contributed by atoms with E-state index in [1.54, 1.807) is 48.5 Å². The molecule has 1 aliphatic rings. The van der Waals surface area contributed by atoms with E-state index in [1.807, 2.05) is 0 Å². The maximum absolute atomic E-state index is 14.1. The van der Waals surface area contributed by atoms with Crippen molar-refractivity contribution in [1.82, 2.24) is 10.2 Å². The van der Waals surface area contributed by atoms with Crippen molar-refractivity contribution in [1.29, 1.82) is 0 Å². The molecule has 1 saturated heterocycles. The van der Waals surface area contributed by atoms with Crippen molar-refractivity contribution >= 4 is 35.1 Å². The number of carbonyl (C=O) groups is 3. The number of imide groups is 1. The lowest BCUT2D eigenvalue weighted by atomic mass is 9.82. The molecule has 1 heterocycles. The Labute approximate surface area is 205 Å². The Morgan fingerprint density at radius 3 is 2.00 bits per heavy atom. The molecule has 4 amide bonds. The van der Waals surface area contributed by atoms with Crippen LogP contribution in [0.1, 0.15) is 11.1 Å². The van der Waals surface area contributed by atoms with Gasteiger partial charge in [0.1, 0.15) is 23.9 Å². The number of urea groups is 1. The van der Waals surface area contributed by atoms with E-state index in [0.29, 0.717) is 22.6 Å². The van der Waals surface area contributed by atoms with E-state index in [-0.39, 0.29) is 10.7 Å². The van der Waals surface area contributed by atoms with Crippen LogP contribution in [0, 0.1) is 5.82 Å². The van der Waals surface area contributed by atoms with Gasteiger partial charge in [-0.1, -0.05) is 35.9 Å². The molecule has 180 valence electrons. The molecule has 0 radical (unpaired) electrons. The Kier molecular flexibility index (Phi) is 6.61. The Morgan fingerprint density at radius 1 is 0.971 bits per heavy atom. The van der Waals surface area contributed by atoms with E-state index < -0.39 is 35.7 Å². The van der Waals surface area contributed by atoms with Gasteiger partial charge >= 0.3 is 6.03 Å². The van der Waals surface area contributed by atoms with Crippen LogP contribution in [0.2, 0.25) is 5.02 Å². The fraction of sp³-hybridized carbons (Fsp3) is 0.160. The molecule has 4 rings (SSSR count). The second kappa shape index (κ2) is 9.63. The van der Waals surface area contributed by atoms with Crippen LogP contribution < -0.4 is 20.1 Å². The van der Waals surface area contributed by atoms with Gasteiger partial charge in [-0.25, -0.2) is 9.18 Å². The number of nitrogens with zero attached hydrogens (tertiary/aromatic N) is 1. The van der Waals surface area contributed by atoms with Crippen molar-refractivity contribution in [3.05, 3.63) is 88.7 Å². The van der Waals surface area contributed by atoms with Crippen LogP contribution in [0.4, 0.5) is 14.9 Å². The van der Waals surface area contributed by atoms with Crippen molar-refractivity contribution in [3.8, 4) is 11.5 Å². The number of anilines is 1. The molecule has 3 aromatic carbocycles. The number of carbonyl (C=O) groups excluding carboxylic acids is 3. The van der Waals surface area contributed by atoms with Crippen LogP contribution >= 0.6 is 11.6 Å². The highest BCUT2D eigenvalue weighted by atomic mass is 35.5. The fourth-order valence-electron chi connectivity index (χ4n) is 3.88. The number of ether oxygens (including phenoxy) is 2. The molecule has 0 aliphatic carbocycles. The maximum Gasteiger partial charge on any atom is 0.326 e. The van der Waals surface area contributed by atoms with E-state index in [9.17, 15) is 18.8 Å². The third kappa shape index (κ3) is 4.50. The summed E-state index contributed by atoms with van der Waals surface area (Å²) in [6.45, 7) is -0.624. The highest BCUT2D eigenvalue weighted by Gasteiger charge is 2.54. The number of halogens is 2. The average molecular weight is 498 g/mol. The number of nitrogens with one attached hydrogen (secondary N) is 2. The van der Waals surface area contributed by atoms with Gasteiger partial charge in [0.25, 0.3) is 5.91 Å². The van der Waals surface area contributed by atoms with Crippen LogP contribution in [0.25, 0.3) is 0 Å². The second-order valence-corrected chi connectivity index (χ2v) is 8.14. The molecule has 0 spiro atoms. The van der Waals surface area contributed by atoms with Crippen LogP contribution in [0.15, 0.2) is 66.7 Å². The molecule has 10 heteroatoms. The van der Waals surface area contributed by atoms with Crippen molar-refractivity contribution < 1.29 is 28.2 Å². The lowest BCUT2D eigenvalue weighted by Crippen LogP contribution is -2.45. The fourth-order valence-corrected chi connectivity index (χ4v) is 4.04. The minimum Gasteiger partial charge on any atom is -0.497 e. The average Bonchev–Trinajstić information content (AvgIpc) is 3.11. The molecule has 2 N–H and O–H groups in total. The summed E-state index contributed by atoms with van der Waals surface area (Å²) in [5.74, 6) is -1.03. The predicted molar refractivity (Wildman–Crippen MR) is 127 cm³/mol. The number of benzene rings is 3. The van der Waals surface area contributed by atoms with Crippen molar-refractivity contribution in [2.45, 2.75) is 5.54 Å². The number of hydrogen-bond acceptors (Lipinski definition) is 5. The third-order valence-electron chi connectivity index (χ3n) is 5.66. The van der Waals surface area contributed by atoms with Crippen LogP contribution in [-0.2, 0) is 15.1 Å². The topological polar surface area (TPSA) is 97.0 Å². The molecule has 0 saturated carbocycles. The molecule has 1 aliphatic heterocycles. The van der Waals surface area contributed by atoms with Gasteiger partial charge in [-0.3, -0.25) is 14.5 Å². The van der Waals surface area contributed by atoms with E-state index in [4.69, 9.17) is 21.1 Å². The molecular weight excluding hydrogens is 477 g/mol. The molecule has 0 atom stereocenters. The first-order valence-corrected chi connectivity index (χ1v) is 10.8. The van der Waals surface area contributed by atoms with Crippen LogP contribution in [0.3, 0.4) is 0 Å². The predicted octanol–water partition coefficient (Wildman–Crippen LogP) is 3.93. The largest absolute Gasteiger partial charge is 0.497 e. The van der Waals surface area contributed by atoms with Gasteiger partial charge in [0.2, 0.25) is 5.91 Å². The summed E-state index contributed by atoms with van der Waals surface area (Å²) in [5.41, 5.74) is -0.786. The van der Waals surface area contributed by atoms with E-state index in [0.717, 1.165) is 11.0 Å². The summed E-state index contributed by atoms with van der Waals surface area (Å²) in [5, 5.41) is 5.28. The first-order valence-electron chi connectivity index (χ1n) is 10.5. The molecule has 0 aromatic heterocycles. The zero-order valence-corrected chi connectivity index (χ0v) is 19.6. The lowest BCUT2D eigenvalue weighted by Gasteiger charge is -2.28. The SMILES string of the molecule is COc1ccc(C2(c3ccc(OC)cc3)NC(=O)N(CC(=O)Nc3ccc(Cl)cc3F)C2=O)cc1. The molecular formula is C25H21ClFN3O5. The Balaban J connectivity index is 1.67. The maximum atomic E-state index is 14.1. The first-order chi connectivity index (χ1) is 16.8. The summed E-state index contributed by atoms with van der Waals surface area (Å²) in [6, 6.07) is 16.3. The molecule has 8 nitrogen and oxygen atoms in total. The number of hydrogen-bond donors (Lipinski definition) is 2. The van der Waals surface area contributed by atoms with Crippen LogP contribution in [0.5, 0.6) is 11.5 Å². The Bertz CT molecular complexity index is 1230. The van der Waals surface area contributed by atoms with Crippen molar-refractivity contribution in [3.63, 3.8) is 0 Å². The smallest absolute Gasteiger partial charge is 0.326 e. The summed E-state index contributed by atoms with van der Waals surface area (Å²) in [6.07, 6.45) is 0. The van der Waals surface area contributed by atoms with Gasteiger partial charge in [0.05, 0.1) is 19.9 Å². The normalized spacial score (nSPS) is 14.5. The highest BCUT2D eigenvalue weighted by molar-refractivity contribution is 6.30. The van der Waals surface area contributed by atoms with Gasteiger partial charge in [-0.05, 0) is 53.6 Å².